The molecule has 1 fully saturated rings. The maximum absolute atomic E-state index is 14.4. The fourth-order valence-corrected chi connectivity index (χ4v) is 7.51. The Kier molecular flexibility index (Phi) is 6.17. The van der Waals surface area contributed by atoms with Gasteiger partial charge < -0.3 is 4.74 Å². The molecule has 1 saturated heterocycles. The van der Waals surface area contributed by atoms with Gasteiger partial charge in [-0.2, -0.15) is 0 Å². The molecule has 0 N–H and O–H groups in total. The van der Waals surface area contributed by atoms with Crippen molar-refractivity contribution >= 4 is 15.8 Å². The van der Waals surface area contributed by atoms with Crippen LogP contribution in [0.2, 0.25) is 0 Å². The van der Waals surface area contributed by atoms with Crippen LogP contribution in [-0.2, 0) is 25.8 Å². The summed E-state index contributed by atoms with van der Waals surface area (Å²) in [5.41, 5.74) is 1.76. The Bertz CT molecular complexity index is 1170. The molecule has 3 atom stereocenters. The SMILES string of the molecule is COC(=O)[C@]1(S(=O)(=O)c2ccccc2)[C@@H](Cc2ccccc2)CN(C)[C@@H]1c1ccccc1. The van der Waals surface area contributed by atoms with E-state index in [1.54, 1.807) is 30.3 Å². The van der Waals surface area contributed by atoms with E-state index in [1.807, 2.05) is 72.6 Å². The highest BCUT2D eigenvalue weighted by atomic mass is 32.2. The van der Waals surface area contributed by atoms with Crippen LogP contribution in [0.5, 0.6) is 0 Å². The molecule has 1 aliphatic rings. The number of carbonyl (C=O) groups excluding carboxylic acids is 1. The summed E-state index contributed by atoms with van der Waals surface area (Å²) >= 11 is 0. The van der Waals surface area contributed by atoms with Gasteiger partial charge in [0.25, 0.3) is 0 Å². The zero-order valence-corrected chi connectivity index (χ0v) is 19.0. The molecule has 6 heteroatoms. The van der Waals surface area contributed by atoms with E-state index in [1.165, 1.54) is 7.11 Å². The third-order valence-corrected chi connectivity index (χ3v) is 8.91. The minimum atomic E-state index is -4.13. The van der Waals surface area contributed by atoms with Crippen molar-refractivity contribution in [3.63, 3.8) is 0 Å². The summed E-state index contributed by atoms with van der Waals surface area (Å²) in [7, 11) is -0.983. The van der Waals surface area contributed by atoms with Crippen LogP contribution in [0.15, 0.2) is 95.9 Å². The minimum absolute atomic E-state index is 0.125. The molecule has 3 aromatic rings. The molecule has 0 bridgehead atoms. The molecule has 4 rings (SSSR count). The lowest BCUT2D eigenvalue weighted by molar-refractivity contribution is -0.145. The Hall–Kier alpha value is -2.96. The smallest absolute Gasteiger partial charge is 0.329 e. The monoisotopic (exact) mass is 449 g/mol. The number of carbonyl (C=O) groups is 1. The van der Waals surface area contributed by atoms with Crippen LogP contribution in [-0.4, -0.2) is 44.7 Å². The van der Waals surface area contributed by atoms with E-state index < -0.39 is 32.5 Å². The van der Waals surface area contributed by atoms with Gasteiger partial charge in [-0.25, -0.2) is 8.42 Å². The first kappa shape index (κ1) is 22.2. The Labute approximate surface area is 189 Å². The number of sulfone groups is 1. The Balaban J connectivity index is 1.99. The summed E-state index contributed by atoms with van der Waals surface area (Å²) in [6.45, 7) is 0.440. The Morgan fingerprint density at radius 1 is 0.938 bits per heavy atom. The highest BCUT2D eigenvalue weighted by Crippen LogP contribution is 2.52. The first-order valence-corrected chi connectivity index (χ1v) is 12.1. The van der Waals surface area contributed by atoms with Gasteiger partial charge in [0.1, 0.15) is 0 Å². The molecule has 0 aromatic heterocycles. The van der Waals surface area contributed by atoms with Gasteiger partial charge in [0, 0.05) is 12.5 Å². The first-order chi connectivity index (χ1) is 15.4. The summed E-state index contributed by atoms with van der Waals surface area (Å²) in [6.07, 6.45) is 0.440. The molecule has 1 heterocycles. The molecular weight excluding hydrogens is 422 g/mol. The second kappa shape index (κ2) is 8.88. The van der Waals surface area contributed by atoms with Gasteiger partial charge in [0.15, 0.2) is 14.6 Å². The minimum Gasteiger partial charge on any atom is -0.468 e. The number of likely N-dealkylation sites (tertiary alicyclic amines) is 1. The van der Waals surface area contributed by atoms with Crippen molar-refractivity contribution in [1.29, 1.82) is 0 Å². The van der Waals surface area contributed by atoms with Crippen molar-refractivity contribution in [2.75, 3.05) is 20.7 Å². The average molecular weight is 450 g/mol. The van der Waals surface area contributed by atoms with E-state index in [4.69, 9.17) is 4.74 Å². The zero-order valence-electron chi connectivity index (χ0n) is 18.2. The molecular formula is C26H27NO4S. The number of hydrogen-bond acceptors (Lipinski definition) is 5. The van der Waals surface area contributed by atoms with E-state index in [0.717, 1.165) is 11.1 Å². The number of nitrogens with zero attached hydrogens (tertiary/aromatic N) is 1. The molecule has 5 nitrogen and oxygen atoms in total. The topological polar surface area (TPSA) is 63.7 Å². The second-order valence-electron chi connectivity index (χ2n) is 8.24. The van der Waals surface area contributed by atoms with Gasteiger partial charge in [-0.3, -0.25) is 9.69 Å². The van der Waals surface area contributed by atoms with E-state index in [-0.39, 0.29) is 4.90 Å². The van der Waals surface area contributed by atoms with E-state index in [9.17, 15) is 13.2 Å². The Morgan fingerprint density at radius 2 is 1.47 bits per heavy atom. The Morgan fingerprint density at radius 3 is 2.03 bits per heavy atom. The third kappa shape index (κ3) is 3.53. The fraction of sp³-hybridized carbons (Fsp3) is 0.269. The van der Waals surface area contributed by atoms with Crippen LogP contribution in [0.4, 0.5) is 0 Å². The van der Waals surface area contributed by atoms with Crippen LogP contribution >= 0.6 is 0 Å². The predicted molar refractivity (Wildman–Crippen MR) is 124 cm³/mol. The van der Waals surface area contributed by atoms with E-state index >= 15 is 0 Å². The maximum atomic E-state index is 14.4. The van der Waals surface area contributed by atoms with Crippen LogP contribution in [0.3, 0.4) is 0 Å². The zero-order chi connectivity index (χ0) is 22.8. The number of methoxy groups -OCH3 is 1. The molecule has 0 unspecified atom stereocenters. The maximum Gasteiger partial charge on any atom is 0.329 e. The molecule has 0 saturated carbocycles. The van der Waals surface area contributed by atoms with Gasteiger partial charge in [-0.1, -0.05) is 78.9 Å². The summed E-state index contributed by atoms with van der Waals surface area (Å²) in [5.74, 6) is -1.22. The second-order valence-corrected chi connectivity index (χ2v) is 10.4. The van der Waals surface area contributed by atoms with Crippen LogP contribution in [0.25, 0.3) is 0 Å². The summed E-state index contributed by atoms with van der Waals surface area (Å²) in [5, 5.41) is 0. The number of esters is 1. The van der Waals surface area contributed by atoms with Crippen molar-refractivity contribution in [1.82, 2.24) is 4.90 Å². The number of benzene rings is 3. The number of ether oxygens (including phenoxy) is 1. The molecule has 0 spiro atoms. The summed E-state index contributed by atoms with van der Waals surface area (Å²) < 4.78 is 32.2. The van der Waals surface area contributed by atoms with Crippen molar-refractivity contribution in [2.45, 2.75) is 22.1 Å². The van der Waals surface area contributed by atoms with Crippen molar-refractivity contribution in [2.24, 2.45) is 5.92 Å². The average Bonchev–Trinajstić information content (AvgIpc) is 3.13. The molecule has 1 aliphatic heterocycles. The largest absolute Gasteiger partial charge is 0.468 e. The summed E-state index contributed by atoms with van der Waals surface area (Å²) in [6, 6.07) is 26.6. The van der Waals surface area contributed by atoms with E-state index in [2.05, 4.69) is 0 Å². The lowest BCUT2D eigenvalue weighted by Crippen LogP contribution is -2.55. The molecule has 0 amide bonds. The van der Waals surface area contributed by atoms with Crippen molar-refractivity contribution in [3.8, 4) is 0 Å². The predicted octanol–water partition coefficient (Wildman–Crippen LogP) is 3.92. The van der Waals surface area contributed by atoms with Gasteiger partial charge >= 0.3 is 5.97 Å². The highest BCUT2D eigenvalue weighted by molar-refractivity contribution is 7.93. The fourth-order valence-electron chi connectivity index (χ4n) is 5.10. The number of hydrogen-bond donors (Lipinski definition) is 0. The lowest BCUT2D eigenvalue weighted by Gasteiger charge is -2.37. The highest BCUT2D eigenvalue weighted by Gasteiger charge is 2.67. The molecule has 0 aliphatic carbocycles. The first-order valence-electron chi connectivity index (χ1n) is 10.6. The van der Waals surface area contributed by atoms with Crippen molar-refractivity contribution in [3.05, 3.63) is 102 Å². The third-order valence-electron chi connectivity index (χ3n) is 6.40. The molecule has 166 valence electrons. The van der Waals surface area contributed by atoms with Crippen LogP contribution < -0.4 is 0 Å². The number of rotatable bonds is 6. The standard InChI is InChI=1S/C26H27NO4S/c1-27-19-22(18-20-12-6-3-7-13-20)26(25(28)31-2,24(27)21-14-8-4-9-15-21)32(29,30)23-16-10-5-11-17-23/h3-17,22,24H,18-19H2,1-2H3/t22-,24+,26-/m0/s1. The quantitative estimate of drug-likeness (QED) is 0.534. The van der Waals surface area contributed by atoms with Gasteiger partial charge in [0.05, 0.1) is 18.0 Å². The van der Waals surface area contributed by atoms with Crippen molar-refractivity contribution < 1.29 is 17.9 Å². The summed E-state index contributed by atoms with van der Waals surface area (Å²) in [4.78, 5) is 15.8. The van der Waals surface area contributed by atoms with Crippen LogP contribution in [0.1, 0.15) is 17.2 Å². The molecule has 32 heavy (non-hydrogen) atoms. The molecule has 3 aromatic carbocycles. The van der Waals surface area contributed by atoms with Gasteiger partial charge in [0.2, 0.25) is 0 Å². The van der Waals surface area contributed by atoms with E-state index in [0.29, 0.717) is 13.0 Å². The molecule has 0 radical (unpaired) electrons. The normalized spacial score (nSPS) is 23.7. The van der Waals surface area contributed by atoms with Gasteiger partial charge in [-0.05, 0) is 36.7 Å². The van der Waals surface area contributed by atoms with Gasteiger partial charge in [-0.15, -0.1) is 0 Å². The van der Waals surface area contributed by atoms with Crippen LogP contribution in [0, 0.1) is 5.92 Å². The lowest BCUT2D eigenvalue weighted by atomic mass is 9.82.